The zero-order valence-electron chi connectivity index (χ0n) is 15.0. The van der Waals surface area contributed by atoms with E-state index in [9.17, 15) is 9.90 Å². The number of aryl methyl sites for hydroxylation is 1. The molecule has 1 N–H and O–H groups in total. The van der Waals surface area contributed by atoms with Crippen molar-refractivity contribution in [2.24, 2.45) is 5.92 Å². The van der Waals surface area contributed by atoms with E-state index >= 15 is 0 Å². The number of carbonyl (C=O) groups excluding carboxylic acids is 1. The summed E-state index contributed by atoms with van der Waals surface area (Å²) in [4.78, 5) is 19.2. The second kappa shape index (κ2) is 7.11. The fraction of sp³-hybridized carbons (Fsp3) is 0.632. The predicted octanol–water partition coefficient (Wildman–Crippen LogP) is 1.26. The lowest BCUT2D eigenvalue weighted by Crippen LogP contribution is -2.55. The smallest absolute Gasteiger partial charge is 0.229 e. The molecule has 2 saturated heterocycles. The fourth-order valence-corrected chi connectivity index (χ4v) is 3.83. The molecule has 1 aromatic carbocycles. The Bertz CT molecular complexity index is 596. The van der Waals surface area contributed by atoms with Crippen LogP contribution in [0.15, 0.2) is 18.2 Å². The number of hydrogen-bond acceptors (Lipinski definition) is 4. The van der Waals surface area contributed by atoms with Crippen LogP contribution in [0.3, 0.4) is 0 Å². The van der Waals surface area contributed by atoms with Crippen molar-refractivity contribution in [3.8, 4) is 0 Å². The number of aliphatic hydroxyl groups is 1. The normalized spacial score (nSPS) is 25.8. The van der Waals surface area contributed by atoms with E-state index in [0.717, 1.165) is 32.7 Å². The van der Waals surface area contributed by atoms with E-state index in [1.165, 1.54) is 16.8 Å². The molecule has 0 aromatic heterocycles. The lowest BCUT2D eigenvalue weighted by atomic mass is 9.93. The van der Waals surface area contributed by atoms with Gasteiger partial charge in [-0.15, -0.1) is 0 Å². The number of rotatable bonds is 2. The van der Waals surface area contributed by atoms with Gasteiger partial charge in [-0.1, -0.05) is 12.1 Å². The highest BCUT2D eigenvalue weighted by Crippen LogP contribution is 2.25. The van der Waals surface area contributed by atoms with E-state index in [0.29, 0.717) is 13.0 Å². The predicted molar refractivity (Wildman–Crippen MR) is 96.3 cm³/mol. The SMILES string of the molecule is Cc1cccc(N2CCN(C(=O)[C@@H]3CN(C)CC[C@H]3O)CC2)c1C. The Labute approximate surface area is 144 Å². The van der Waals surface area contributed by atoms with Gasteiger partial charge in [0.15, 0.2) is 0 Å². The highest BCUT2D eigenvalue weighted by Gasteiger charge is 2.35. The Morgan fingerprint density at radius 2 is 1.83 bits per heavy atom. The number of anilines is 1. The maximum atomic E-state index is 12.8. The third-order valence-electron chi connectivity index (χ3n) is 5.60. The molecule has 2 aliphatic heterocycles. The lowest BCUT2D eigenvalue weighted by molar-refractivity contribution is -0.142. The number of benzene rings is 1. The first-order chi connectivity index (χ1) is 11.5. The molecule has 0 radical (unpaired) electrons. The van der Waals surface area contributed by atoms with Gasteiger partial charge in [0.1, 0.15) is 0 Å². The van der Waals surface area contributed by atoms with Crippen LogP contribution in [0.2, 0.25) is 0 Å². The number of aliphatic hydroxyl groups excluding tert-OH is 1. The van der Waals surface area contributed by atoms with Crippen molar-refractivity contribution in [3.63, 3.8) is 0 Å². The Morgan fingerprint density at radius 3 is 2.54 bits per heavy atom. The molecule has 132 valence electrons. The average molecular weight is 331 g/mol. The van der Waals surface area contributed by atoms with Crippen LogP contribution in [0, 0.1) is 19.8 Å². The third kappa shape index (κ3) is 3.42. The maximum Gasteiger partial charge on any atom is 0.229 e. The summed E-state index contributed by atoms with van der Waals surface area (Å²) in [6.07, 6.45) is 0.195. The molecule has 0 aliphatic carbocycles. The van der Waals surface area contributed by atoms with Crippen LogP contribution in [0.4, 0.5) is 5.69 Å². The summed E-state index contributed by atoms with van der Waals surface area (Å²) >= 11 is 0. The molecule has 0 bridgehead atoms. The number of amides is 1. The van der Waals surface area contributed by atoms with Gasteiger partial charge in [0, 0.05) is 45.0 Å². The lowest BCUT2D eigenvalue weighted by Gasteiger charge is -2.41. The Hall–Kier alpha value is -1.59. The van der Waals surface area contributed by atoms with Crippen LogP contribution < -0.4 is 4.90 Å². The Kier molecular flexibility index (Phi) is 5.11. The average Bonchev–Trinajstić information content (AvgIpc) is 2.59. The summed E-state index contributed by atoms with van der Waals surface area (Å²) < 4.78 is 0. The van der Waals surface area contributed by atoms with Crippen LogP contribution in [0.5, 0.6) is 0 Å². The quantitative estimate of drug-likeness (QED) is 0.886. The van der Waals surface area contributed by atoms with Crippen molar-refractivity contribution in [2.45, 2.75) is 26.4 Å². The summed E-state index contributed by atoms with van der Waals surface area (Å²) in [5, 5.41) is 10.2. The van der Waals surface area contributed by atoms with E-state index in [2.05, 4.69) is 41.8 Å². The highest BCUT2D eigenvalue weighted by atomic mass is 16.3. The molecule has 1 aromatic rings. The number of hydrogen-bond donors (Lipinski definition) is 1. The molecule has 2 fully saturated rings. The van der Waals surface area contributed by atoms with Gasteiger partial charge in [-0.05, 0) is 44.5 Å². The first kappa shape index (κ1) is 17.2. The van der Waals surface area contributed by atoms with Crippen molar-refractivity contribution in [1.29, 1.82) is 0 Å². The van der Waals surface area contributed by atoms with Gasteiger partial charge in [0.2, 0.25) is 5.91 Å². The summed E-state index contributed by atoms with van der Waals surface area (Å²) in [6.45, 7) is 9.01. The van der Waals surface area contributed by atoms with Crippen molar-refractivity contribution < 1.29 is 9.90 Å². The minimum Gasteiger partial charge on any atom is -0.392 e. The van der Waals surface area contributed by atoms with E-state index in [1.54, 1.807) is 0 Å². The summed E-state index contributed by atoms with van der Waals surface area (Å²) in [6, 6.07) is 6.41. The molecule has 1 amide bonds. The summed E-state index contributed by atoms with van der Waals surface area (Å²) in [5.41, 5.74) is 3.90. The molecule has 5 nitrogen and oxygen atoms in total. The van der Waals surface area contributed by atoms with Crippen molar-refractivity contribution in [2.75, 3.05) is 51.2 Å². The molecule has 2 heterocycles. The van der Waals surface area contributed by atoms with Gasteiger partial charge in [-0.3, -0.25) is 4.79 Å². The van der Waals surface area contributed by atoms with E-state index in [4.69, 9.17) is 0 Å². The van der Waals surface area contributed by atoms with Crippen LogP contribution >= 0.6 is 0 Å². The van der Waals surface area contributed by atoms with Gasteiger partial charge in [0.25, 0.3) is 0 Å². The molecule has 5 heteroatoms. The zero-order valence-corrected chi connectivity index (χ0v) is 15.0. The maximum absolute atomic E-state index is 12.8. The first-order valence-corrected chi connectivity index (χ1v) is 8.94. The number of nitrogens with zero attached hydrogens (tertiary/aromatic N) is 3. The monoisotopic (exact) mass is 331 g/mol. The molecule has 0 spiro atoms. The second-order valence-corrected chi connectivity index (χ2v) is 7.26. The Balaban J connectivity index is 1.62. The van der Waals surface area contributed by atoms with E-state index < -0.39 is 6.10 Å². The van der Waals surface area contributed by atoms with Gasteiger partial charge >= 0.3 is 0 Å². The topological polar surface area (TPSA) is 47.0 Å². The number of carbonyl (C=O) groups is 1. The largest absolute Gasteiger partial charge is 0.392 e. The molecule has 0 unspecified atom stereocenters. The molecule has 2 atom stereocenters. The second-order valence-electron chi connectivity index (χ2n) is 7.26. The first-order valence-electron chi connectivity index (χ1n) is 8.94. The number of piperidine rings is 1. The third-order valence-corrected chi connectivity index (χ3v) is 5.60. The van der Waals surface area contributed by atoms with Crippen LogP contribution in [-0.2, 0) is 4.79 Å². The minimum absolute atomic E-state index is 0.120. The van der Waals surface area contributed by atoms with Gasteiger partial charge in [0.05, 0.1) is 12.0 Å². The highest BCUT2D eigenvalue weighted by molar-refractivity contribution is 5.80. The van der Waals surface area contributed by atoms with Crippen molar-refractivity contribution >= 4 is 11.6 Å². The summed E-state index contributed by atoms with van der Waals surface area (Å²) in [5.74, 6) is -0.148. The van der Waals surface area contributed by atoms with Crippen LogP contribution in [0.25, 0.3) is 0 Å². The van der Waals surface area contributed by atoms with Gasteiger partial charge in [-0.2, -0.15) is 0 Å². The van der Waals surface area contributed by atoms with E-state index in [1.807, 2.05) is 11.9 Å². The standard InChI is InChI=1S/C19H29N3O2/c1-14-5-4-6-17(15(14)2)21-9-11-22(12-10-21)19(24)16-13-20(3)8-7-18(16)23/h4-6,16,18,23H,7-13H2,1-3H3/t16-,18-/m1/s1. The molecular formula is C19H29N3O2. The van der Waals surface area contributed by atoms with Crippen molar-refractivity contribution in [1.82, 2.24) is 9.80 Å². The molecule has 24 heavy (non-hydrogen) atoms. The van der Waals surface area contributed by atoms with Gasteiger partial charge in [-0.25, -0.2) is 0 Å². The van der Waals surface area contributed by atoms with Crippen LogP contribution in [-0.4, -0.2) is 73.2 Å². The molecular weight excluding hydrogens is 302 g/mol. The number of likely N-dealkylation sites (tertiary alicyclic amines) is 1. The fourth-order valence-electron chi connectivity index (χ4n) is 3.83. The minimum atomic E-state index is -0.495. The van der Waals surface area contributed by atoms with Gasteiger partial charge < -0.3 is 19.8 Å². The summed E-state index contributed by atoms with van der Waals surface area (Å²) in [7, 11) is 2.02. The molecule has 0 saturated carbocycles. The van der Waals surface area contributed by atoms with Crippen LogP contribution in [0.1, 0.15) is 17.5 Å². The zero-order chi connectivity index (χ0) is 17.3. The van der Waals surface area contributed by atoms with E-state index in [-0.39, 0.29) is 11.8 Å². The Morgan fingerprint density at radius 1 is 1.12 bits per heavy atom. The number of piperazine rings is 1. The molecule has 2 aliphatic rings. The van der Waals surface area contributed by atoms with Crippen molar-refractivity contribution in [3.05, 3.63) is 29.3 Å². The molecule has 3 rings (SSSR count).